The van der Waals surface area contributed by atoms with Crippen LogP contribution in [0.3, 0.4) is 0 Å². The van der Waals surface area contributed by atoms with E-state index in [1.54, 1.807) is 0 Å². The zero-order valence-corrected chi connectivity index (χ0v) is 9.84. The topological polar surface area (TPSA) is 54.9 Å². The third-order valence-corrected chi connectivity index (χ3v) is 2.80. The van der Waals surface area contributed by atoms with Crippen LogP contribution in [0.25, 0.3) is 0 Å². The van der Waals surface area contributed by atoms with Crippen LogP contribution >= 0.6 is 27.5 Å². The maximum atomic E-state index is 11.4. The van der Waals surface area contributed by atoms with Crippen LogP contribution in [0.1, 0.15) is 13.3 Å². The Morgan fingerprint density at radius 1 is 1.71 bits per heavy atom. The number of carbonyl (C=O) groups is 1. The Morgan fingerprint density at radius 2 is 2.43 bits per heavy atom. The van der Waals surface area contributed by atoms with Gasteiger partial charge in [0.25, 0.3) is 0 Å². The van der Waals surface area contributed by atoms with Crippen molar-refractivity contribution >= 4 is 39.3 Å². The lowest BCUT2D eigenvalue weighted by atomic mass is 10.3. The summed E-state index contributed by atoms with van der Waals surface area (Å²) in [6.07, 6.45) is 2.01. The minimum Gasteiger partial charge on any atom is -0.310 e. The molecule has 76 valence electrons. The number of anilines is 1. The summed E-state index contributed by atoms with van der Waals surface area (Å²) in [5.74, 6) is 0.273. The van der Waals surface area contributed by atoms with Gasteiger partial charge < -0.3 is 5.32 Å². The molecule has 4 nitrogen and oxygen atoms in total. The standard InChI is InChI=1S/C8H9BrClN3O/c1-2-5(9)8(14)13-7-3-6(10)11-4-12-7/h3-5H,2H2,1H3,(H,11,12,13,14). The van der Waals surface area contributed by atoms with Crippen LogP contribution in [0.5, 0.6) is 0 Å². The molecule has 6 heteroatoms. The molecule has 0 saturated carbocycles. The fourth-order valence-electron chi connectivity index (χ4n) is 0.792. The van der Waals surface area contributed by atoms with Gasteiger partial charge in [-0.15, -0.1) is 0 Å². The van der Waals surface area contributed by atoms with Gasteiger partial charge >= 0.3 is 0 Å². The highest BCUT2D eigenvalue weighted by molar-refractivity contribution is 9.10. The SMILES string of the molecule is CCC(Br)C(=O)Nc1cc(Cl)ncn1. The van der Waals surface area contributed by atoms with E-state index < -0.39 is 0 Å². The summed E-state index contributed by atoms with van der Waals surface area (Å²) in [7, 11) is 0. The average molecular weight is 279 g/mol. The van der Waals surface area contributed by atoms with Crippen LogP contribution in [-0.2, 0) is 4.79 Å². The molecular formula is C8H9BrClN3O. The van der Waals surface area contributed by atoms with E-state index in [0.29, 0.717) is 17.4 Å². The van der Waals surface area contributed by atoms with Gasteiger partial charge in [0.1, 0.15) is 17.3 Å². The number of nitrogens with zero attached hydrogens (tertiary/aromatic N) is 2. The number of amides is 1. The molecule has 0 saturated heterocycles. The molecule has 1 aromatic rings. The fourth-order valence-corrected chi connectivity index (χ4v) is 1.05. The first kappa shape index (κ1) is 11.4. The smallest absolute Gasteiger partial charge is 0.239 e. The average Bonchev–Trinajstić information content (AvgIpc) is 2.16. The molecule has 1 rings (SSSR count). The fraction of sp³-hybridized carbons (Fsp3) is 0.375. The van der Waals surface area contributed by atoms with Crippen molar-refractivity contribution in [3.05, 3.63) is 17.5 Å². The van der Waals surface area contributed by atoms with Gasteiger partial charge in [0.05, 0.1) is 4.83 Å². The predicted molar refractivity (Wildman–Crippen MR) is 58.7 cm³/mol. The molecular weight excluding hydrogens is 269 g/mol. The Labute approximate surface area is 95.2 Å². The molecule has 1 heterocycles. The molecule has 0 fully saturated rings. The van der Waals surface area contributed by atoms with Gasteiger partial charge in [0.15, 0.2) is 0 Å². The lowest BCUT2D eigenvalue weighted by Crippen LogP contribution is -2.22. The quantitative estimate of drug-likeness (QED) is 0.681. The molecule has 1 amide bonds. The van der Waals surface area contributed by atoms with Crippen molar-refractivity contribution in [3.63, 3.8) is 0 Å². The van der Waals surface area contributed by atoms with Crippen molar-refractivity contribution in [1.29, 1.82) is 0 Å². The van der Waals surface area contributed by atoms with Gasteiger partial charge in [-0.3, -0.25) is 4.79 Å². The molecule has 0 aliphatic heterocycles. The second-order valence-electron chi connectivity index (χ2n) is 2.59. The monoisotopic (exact) mass is 277 g/mol. The largest absolute Gasteiger partial charge is 0.310 e. The maximum absolute atomic E-state index is 11.4. The molecule has 1 aromatic heterocycles. The highest BCUT2D eigenvalue weighted by atomic mass is 79.9. The number of halogens is 2. The zero-order chi connectivity index (χ0) is 10.6. The summed E-state index contributed by atoms with van der Waals surface area (Å²) in [5.41, 5.74) is 0. The van der Waals surface area contributed by atoms with Crippen LogP contribution in [-0.4, -0.2) is 20.7 Å². The zero-order valence-electron chi connectivity index (χ0n) is 7.50. The van der Waals surface area contributed by atoms with Gasteiger partial charge in [0.2, 0.25) is 5.91 Å². The number of carbonyl (C=O) groups excluding carboxylic acids is 1. The maximum Gasteiger partial charge on any atom is 0.239 e. The molecule has 0 aliphatic rings. The number of hydrogen-bond donors (Lipinski definition) is 1. The summed E-state index contributed by atoms with van der Waals surface area (Å²) < 4.78 is 0. The molecule has 1 atom stereocenters. The molecule has 1 N–H and O–H groups in total. The predicted octanol–water partition coefficient (Wildman–Crippen LogP) is 2.24. The van der Waals surface area contributed by atoms with E-state index in [2.05, 4.69) is 31.2 Å². The number of alkyl halides is 1. The molecule has 0 spiro atoms. The van der Waals surface area contributed by atoms with Crippen LogP contribution in [0.15, 0.2) is 12.4 Å². The lowest BCUT2D eigenvalue weighted by molar-refractivity contribution is -0.115. The third-order valence-electron chi connectivity index (χ3n) is 1.53. The Kier molecular flexibility index (Phi) is 4.28. The first-order valence-electron chi connectivity index (χ1n) is 4.06. The second-order valence-corrected chi connectivity index (χ2v) is 4.08. The van der Waals surface area contributed by atoms with Crippen LogP contribution in [0, 0.1) is 0 Å². The van der Waals surface area contributed by atoms with E-state index in [1.165, 1.54) is 12.4 Å². The van der Waals surface area contributed by atoms with E-state index in [4.69, 9.17) is 11.6 Å². The van der Waals surface area contributed by atoms with Crippen LogP contribution in [0.2, 0.25) is 5.15 Å². The Morgan fingerprint density at radius 3 is 3.00 bits per heavy atom. The van der Waals surface area contributed by atoms with Crippen LogP contribution in [0.4, 0.5) is 5.82 Å². The van der Waals surface area contributed by atoms with E-state index in [0.717, 1.165) is 0 Å². The molecule has 14 heavy (non-hydrogen) atoms. The van der Waals surface area contributed by atoms with E-state index >= 15 is 0 Å². The van der Waals surface area contributed by atoms with Gasteiger partial charge in [-0.25, -0.2) is 9.97 Å². The van der Waals surface area contributed by atoms with Crippen molar-refractivity contribution in [1.82, 2.24) is 9.97 Å². The van der Waals surface area contributed by atoms with Crippen molar-refractivity contribution in [2.75, 3.05) is 5.32 Å². The van der Waals surface area contributed by atoms with Crippen molar-refractivity contribution in [2.45, 2.75) is 18.2 Å². The number of nitrogens with one attached hydrogen (secondary N) is 1. The molecule has 0 aromatic carbocycles. The lowest BCUT2D eigenvalue weighted by Gasteiger charge is -2.07. The number of rotatable bonds is 3. The Balaban J connectivity index is 2.65. The summed E-state index contributed by atoms with van der Waals surface area (Å²) in [6.45, 7) is 1.91. The molecule has 0 radical (unpaired) electrons. The first-order valence-corrected chi connectivity index (χ1v) is 5.35. The second kappa shape index (κ2) is 5.26. The first-order chi connectivity index (χ1) is 6.63. The van der Waals surface area contributed by atoms with Gasteiger partial charge in [-0.05, 0) is 6.42 Å². The van der Waals surface area contributed by atoms with E-state index in [1.807, 2.05) is 6.92 Å². The minimum absolute atomic E-state index is 0.137. The minimum atomic E-state index is -0.212. The summed E-state index contributed by atoms with van der Waals surface area (Å²) in [4.78, 5) is 18.7. The summed E-state index contributed by atoms with van der Waals surface area (Å²) >= 11 is 8.86. The van der Waals surface area contributed by atoms with Crippen molar-refractivity contribution in [3.8, 4) is 0 Å². The summed E-state index contributed by atoms with van der Waals surface area (Å²) in [5, 5.41) is 2.92. The van der Waals surface area contributed by atoms with E-state index in [-0.39, 0.29) is 10.7 Å². The normalized spacial score (nSPS) is 12.2. The van der Waals surface area contributed by atoms with Gasteiger partial charge in [0, 0.05) is 6.07 Å². The van der Waals surface area contributed by atoms with Crippen molar-refractivity contribution < 1.29 is 4.79 Å². The van der Waals surface area contributed by atoms with Crippen molar-refractivity contribution in [2.24, 2.45) is 0 Å². The Hall–Kier alpha value is -0.680. The number of aromatic nitrogens is 2. The third kappa shape index (κ3) is 3.23. The Bertz CT molecular complexity index is 334. The molecule has 0 aliphatic carbocycles. The molecule has 1 unspecified atom stereocenters. The van der Waals surface area contributed by atoms with Crippen LogP contribution < -0.4 is 5.32 Å². The highest BCUT2D eigenvalue weighted by Gasteiger charge is 2.12. The number of hydrogen-bond acceptors (Lipinski definition) is 3. The highest BCUT2D eigenvalue weighted by Crippen LogP contribution is 2.11. The molecule has 0 bridgehead atoms. The van der Waals surface area contributed by atoms with E-state index in [9.17, 15) is 4.79 Å². The van der Waals surface area contributed by atoms with Gasteiger partial charge in [-0.1, -0.05) is 34.5 Å². The summed E-state index contributed by atoms with van der Waals surface area (Å²) in [6, 6.07) is 1.49. The van der Waals surface area contributed by atoms with Gasteiger partial charge in [-0.2, -0.15) is 0 Å².